The number of carboxylic acid groups (broad SMARTS) is 1. The zero-order chi connectivity index (χ0) is 15.5. The number of hydrogen-bond donors (Lipinski definition) is 1. The van der Waals surface area contributed by atoms with Gasteiger partial charge in [-0.05, 0) is 26.0 Å². The molecule has 0 bridgehead atoms. The van der Waals surface area contributed by atoms with Gasteiger partial charge in [0.25, 0.3) is 0 Å². The molecule has 1 N–H and O–H groups in total. The summed E-state index contributed by atoms with van der Waals surface area (Å²) in [6.45, 7) is 1.14. The SMILES string of the molecule is CC(C)N(CC(F)(F)F)C(=O)Cn1cccc1C(=O)O. The molecular formula is C12H15F3N2O3. The second-order valence-electron chi connectivity index (χ2n) is 4.56. The number of carboxylic acids is 1. The average molecular weight is 292 g/mol. The van der Waals surface area contributed by atoms with Gasteiger partial charge in [0.15, 0.2) is 0 Å². The normalized spacial score (nSPS) is 11.7. The molecule has 0 aliphatic rings. The van der Waals surface area contributed by atoms with Gasteiger partial charge in [-0.25, -0.2) is 4.79 Å². The number of halogens is 3. The fraction of sp³-hybridized carbons (Fsp3) is 0.500. The molecule has 1 heterocycles. The van der Waals surface area contributed by atoms with E-state index in [1.165, 1.54) is 32.2 Å². The first kappa shape index (κ1) is 16.1. The number of amides is 1. The number of aromatic carboxylic acids is 1. The van der Waals surface area contributed by atoms with Gasteiger partial charge in [-0.15, -0.1) is 0 Å². The third-order valence-corrected chi connectivity index (χ3v) is 2.65. The van der Waals surface area contributed by atoms with Crippen molar-refractivity contribution in [3.8, 4) is 0 Å². The predicted molar refractivity (Wildman–Crippen MR) is 64.3 cm³/mol. The lowest BCUT2D eigenvalue weighted by Gasteiger charge is -2.28. The Morgan fingerprint density at radius 3 is 2.45 bits per heavy atom. The lowest BCUT2D eigenvalue weighted by atomic mass is 10.3. The number of alkyl halides is 3. The highest BCUT2D eigenvalue weighted by Gasteiger charge is 2.34. The summed E-state index contributed by atoms with van der Waals surface area (Å²) < 4.78 is 38.4. The summed E-state index contributed by atoms with van der Waals surface area (Å²) in [7, 11) is 0. The molecule has 1 aromatic rings. The van der Waals surface area contributed by atoms with Gasteiger partial charge in [-0.1, -0.05) is 0 Å². The maximum atomic E-state index is 12.4. The molecule has 8 heteroatoms. The monoisotopic (exact) mass is 292 g/mol. The molecule has 0 saturated heterocycles. The Bertz CT molecular complexity index is 494. The minimum atomic E-state index is -4.49. The van der Waals surface area contributed by atoms with E-state index in [4.69, 9.17) is 5.11 Å². The first-order valence-electron chi connectivity index (χ1n) is 5.86. The van der Waals surface area contributed by atoms with Crippen LogP contribution in [0.4, 0.5) is 13.2 Å². The van der Waals surface area contributed by atoms with Gasteiger partial charge < -0.3 is 14.6 Å². The molecule has 0 radical (unpaired) electrons. The molecule has 0 fully saturated rings. The smallest absolute Gasteiger partial charge is 0.406 e. The van der Waals surface area contributed by atoms with Crippen LogP contribution < -0.4 is 0 Å². The molecule has 5 nitrogen and oxygen atoms in total. The van der Waals surface area contributed by atoms with Crippen molar-refractivity contribution in [2.45, 2.75) is 32.6 Å². The van der Waals surface area contributed by atoms with Crippen LogP contribution in [0.2, 0.25) is 0 Å². The van der Waals surface area contributed by atoms with Crippen LogP contribution in [0.1, 0.15) is 24.3 Å². The van der Waals surface area contributed by atoms with Crippen LogP contribution in [-0.2, 0) is 11.3 Å². The molecule has 0 unspecified atom stereocenters. The van der Waals surface area contributed by atoms with Crippen molar-refractivity contribution in [2.75, 3.05) is 6.54 Å². The van der Waals surface area contributed by atoms with Crippen molar-refractivity contribution in [3.05, 3.63) is 24.0 Å². The van der Waals surface area contributed by atoms with Crippen LogP contribution in [0.15, 0.2) is 18.3 Å². The van der Waals surface area contributed by atoms with Crippen molar-refractivity contribution < 1.29 is 27.9 Å². The van der Waals surface area contributed by atoms with Crippen LogP contribution in [0.5, 0.6) is 0 Å². The molecule has 1 rings (SSSR count). The van der Waals surface area contributed by atoms with Crippen LogP contribution in [0.25, 0.3) is 0 Å². The number of carbonyl (C=O) groups excluding carboxylic acids is 1. The second kappa shape index (κ2) is 5.98. The number of rotatable bonds is 5. The molecule has 1 aromatic heterocycles. The maximum absolute atomic E-state index is 12.4. The predicted octanol–water partition coefficient (Wildman–Crippen LogP) is 1.99. The van der Waals surface area contributed by atoms with E-state index in [0.717, 1.165) is 4.57 Å². The highest BCUT2D eigenvalue weighted by molar-refractivity contribution is 5.87. The van der Waals surface area contributed by atoms with E-state index in [2.05, 4.69) is 0 Å². The van der Waals surface area contributed by atoms with Gasteiger partial charge in [0.1, 0.15) is 18.8 Å². The van der Waals surface area contributed by atoms with E-state index >= 15 is 0 Å². The molecule has 0 saturated carbocycles. The molecule has 1 amide bonds. The summed E-state index contributed by atoms with van der Waals surface area (Å²) in [5, 5.41) is 8.88. The number of carbonyl (C=O) groups is 2. The Kier molecular flexibility index (Phi) is 4.80. The Balaban J connectivity index is 2.86. The summed E-state index contributed by atoms with van der Waals surface area (Å²) in [5.41, 5.74) is -0.144. The van der Waals surface area contributed by atoms with Gasteiger partial charge in [0, 0.05) is 12.2 Å². The molecule has 0 aromatic carbocycles. The largest absolute Gasteiger partial charge is 0.477 e. The molecule has 20 heavy (non-hydrogen) atoms. The minimum Gasteiger partial charge on any atom is -0.477 e. The quantitative estimate of drug-likeness (QED) is 0.902. The zero-order valence-electron chi connectivity index (χ0n) is 11.0. The second-order valence-corrected chi connectivity index (χ2v) is 4.56. The average Bonchev–Trinajstić information content (AvgIpc) is 2.72. The van der Waals surface area contributed by atoms with Crippen molar-refractivity contribution in [1.82, 2.24) is 9.47 Å². The van der Waals surface area contributed by atoms with Crippen LogP contribution in [0.3, 0.4) is 0 Å². The number of nitrogens with zero attached hydrogens (tertiary/aromatic N) is 2. The third-order valence-electron chi connectivity index (χ3n) is 2.65. The highest BCUT2D eigenvalue weighted by Crippen LogP contribution is 2.18. The van der Waals surface area contributed by atoms with Crippen molar-refractivity contribution in [3.63, 3.8) is 0 Å². The molecule has 0 atom stereocenters. The van der Waals surface area contributed by atoms with Crippen molar-refractivity contribution >= 4 is 11.9 Å². The Labute approximate surface area is 113 Å². The van der Waals surface area contributed by atoms with E-state index in [-0.39, 0.29) is 5.69 Å². The fourth-order valence-corrected chi connectivity index (χ4v) is 1.73. The summed E-state index contributed by atoms with van der Waals surface area (Å²) in [5.74, 6) is -2.02. The zero-order valence-corrected chi connectivity index (χ0v) is 11.0. The van der Waals surface area contributed by atoms with Crippen molar-refractivity contribution in [2.24, 2.45) is 0 Å². The van der Waals surface area contributed by atoms with Crippen LogP contribution in [0, 0.1) is 0 Å². The lowest BCUT2D eigenvalue weighted by Crippen LogP contribution is -2.44. The first-order chi connectivity index (χ1) is 9.11. The molecule has 0 spiro atoms. The van der Waals surface area contributed by atoms with Gasteiger partial charge in [0.05, 0.1) is 0 Å². The summed E-state index contributed by atoms with van der Waals surface area (Å²) in [6.07, 6.45) is -3.15. The third kappa shape index (κ3) is 4.29. The topological polar surface area (TPSA) is 62.5 Å². The maximum Gasteiger partial charge on any atom is 0.406 e. The number of hydrogen-bond acceptors (Lipinski definition) is 2. The molecule has 0 aliphatic carbocycles. The van der Waals surface area contributed by atoms with Gasteiger partial charge in [-0.3, -0.25) is 4.79 Å². The lowest BCUT2D eigenvalue weighted by molar-refractivity contribution is -0.165. The Hall–Kier alpha value is -1.99. The minimum absolute atomic E-state index is 0.144. The van der Waals surface area contributed by atoms with Crippen LogP contribution >= 0.6 is 0 Å². The fourth-order valence-electron chi connectivity index (χ4n) is 1.73. The van der Waals surface area contributed by atoms with E-state index in [9.17, 15) is 22.8 Å². The summed E-state index contributed by atoms with van der Waals surface area (Å²) >= 11 is 0. The summed E-state index contributed by atoms with van der Waals surface area (Å²) in [4.78, 5) is 23.5. The van der Waals surface area contributed by atoms with Crippen LogP contribution in [-0.4, -0.2) is 45.2 Å². The van der Waals surface area contributed by atoms with Gasteiger partial charge in [0.2, 0.25) is 5.91 Å². The Morgan fingerprint density at radius 2 is 2.00 bits per heavy atom. The standard InChI is InChI=1S/C12H15F3N2O3/c1-8(2)17(7-12(13,14)15)10(18)6-16-5-3-4-9(16)11(19)20/h3-5,8H,6-7H2,1-2H3,(H,19,20). The van der Waals surface area contributed by atoms with E-state index in [1.807, 2.05) is 0 Å². The van der Waals surface area contributed by atoms with E-state index in [0.29, 0.717) is 4.90 Å². The summed E-state index contributed by atoms with van der Waals surface area (Å²) in [6, 6.07) is 2.06. The van der Waals surface area contributed by atoms with Crippen molar-refractivity contribution in [1.29, 1.82) is 0 Å². The first-order valence-corrected chi connectivity index (χ1v) is 5.86. The van der Waals surface area contributed by atoms with E-state index < -0.39 is 37.2 Å². The highest BCUT2D eigenvalue weighted by atomic mass is 19.4. The molecule has 112 valence electrons. The number of aromatic nitrogens is 1. The van der Waals surface area contributed by atoms with E-state index in [1.54, 1.807) is 0 Å². The van der Waals surface area contributed by atoms with Gasteiger partial charge >= 0.3 is 12.1 Å². The molecule has 0 aliphatic heterocycles. The Morgan fingerprint density at radius 1 is 1.40 bits per heavy atom. The van der Waals surface area contributed by atoms with Gasteiger partial charge in [-0.2, -0.15) is 13.2 Å². The molecular weight excluding hydrogens is 277 g/mol.